The molecule has 1 aliphatic heterocycles. The topological polar surface area (TPSA) is 15.3 Å². The molecule has 78 valence electrons. The van der Waals surface area contributed by atoms with Gasteiger partial charge in [0.25, 0.3) is 0 Å². The molecule has 1 saturated heterocycles. The molecule has 0 amide bonds. The molecule has 0 aromatic heterocycles. The quantitative estimate of drug-likeness (QED) is 0.701. The van der Waals surface area contributed by atoms with Gasteiger partial charge >= 0.3 is 0 Å². The van der Waals surface area contributed by atoms with Crippen molar-refractivity contribution in [2.75, 3.05) is 20.1 Å². The molecular formula is C11H24N2. The van der Waals surface area contributed by atoms with Crippen molar-refractivity contribution in [1.82, 2.24) is 10.2 Å². The standard InChI is InChI=1S/C11H24N2/c1-10(12-3)6-4-8-13-9-5-7-11(13)2/h10-12H,4-9H2,1-3H3. The first-order chi connectivity index (χ1) is 6.24. The minimum atomic E-state index is 0.679. The van der Waals surface area contributed by atoms with E-state index < -0.39 is 0 Å². The van der Waals surface area contributed by atoms with Crippen molar-refractivity contribution >= 4 is 0 Å². The lowest BCUT2D eigenvalue weighted by molar-refractivity contribution is 0.259. The summed E-state index contributed by atoms with van der Waals surface area (Å²) in [4.78, 5) is 2.63. The largest absolute Gasteiger partial charge is 0.317 e. The highest BCUT2D eigenvalue weighted by molar-refractivity contribution is 4.75. The highest BCUT2D eigenvalue weighted by Gasteiger charge is 2.19. The second-order valence-electron chi connectivity index (χ2n) is 4.36. The van der Waals surface area contributed by atoms with Gasteiger partial charge in [-0.1, -0.05) is 0 Å². The van der Waals surface area contributed by atoms with E-state index in [1.807, 2.05) is 7.05 Å². The molecule has 2 unspecified atom stereocenters. The van der Waals surface area contributed by atoms with Crippen LogP contribution in [0.5, 0.6) is 0 Å². The van der Waals surface area contributed by atoms with Crippen molar-refractivity contribution in [3.63, 3.8) is 0 Å². The molecule has 1 heterocycles. The van der Waals surface area contributed by atoms with Gasteiger partial charge in [-0.2, -0.15) is 0 Å². The summed E-state index contributed by atoms with van der Waals surface area (Å²) in [5.74, 6) is 0. The molecule has 0 spiro atoms. The van der Waals surface area contributed by atoms with Crippen LogP contribution in [0.15, 0.2) is 0 Å². The molecule has 2 nitrogen and oxygen atoms in total. The zero-order valence-electron chi connectivity index (χ0n) is 9.34. The summed E-state index contributed by atoms with van der Waals surface area (Å²) in [5, 5.41) is 3.28. The van der Waals surface area contributed by atoms with Crippen molar-refractivity contribution in [2.45, 2.75) is 51.6 Å². The number of nitrogens with one attached hydrogen (secondary N) is 1. The first kappa shape index (κ1) is 11.0. The maximum atomic E-state index is 3.28. The zero-order chi connectivity index (χ0) is 9.68. The van der Waals surface area contributed by atoms with Crippen LogP contribution in [0.25, 0.3) is 0 Å². The van der Waals surface area contributed by atoms with Crippen molar-refractivity contribution in [3.05, 3.63) is 0 Å². The first-order valence-electron chi connectivity index (χ1n) is 5.65. The summed E-state index contributed by atoms with van der Waals surface area (Å²) in [5.41, 5.74) is 0. The first-order valence-corrected chi connectivity index (χ1v) is 5.65. The summed E-state index contributed by atoms with van der Waals surface area (Å²) < 4.78 is 0. The average molecular weight is 184 g/mol. The van der Waals surface area contributed by atoms with Gasteiger partial charge in [0, 0.05) is 12.1 Å². The maximum absolute atomic E-state index is 3.28. The molecule has 0 radical (unpaired) electrons. The summed E-state index contributed by atoms with van der Waals surface area (Å²) in [7, 11) is 2.04. The second kappa shape index (κ2) is 5.61. The van der Waals surface area contributed by atoms with E-state index in [1.165, 1.54) is 38.8 Å². The van der Waals surface area contributed by atoms with Gasteiger partial charge in [0.15, 0.2) is 0 Å². The third-order valence-corrected chi connectivity index (χ3v) is 3.27. The van der Waals surface area contributed by atoms with E-state index in [0.717, 1.165) is 6.04 Å². The second-order valence-corrected chi connectivity index (χ2v) is 4.36. The summed E-state index contributed by atoms with van der Waals surface area (Å²) in [6, 6.07) is 1.52. The molecule has 0 aromatic rings. The van der Waals surface area contributed by atoms with Gasteiger partial charge in [0.1, 0.15) is 0 Å². The van der Waals surface area contributed by atoms with E-state index in [9.17, 15) is 0 Å². The Kier molecular flexibility index (Phi) is 4.74. The monoisotopic (exact) mass is 184 g/mol. The van der Waals surface area contributed by atoms with Crippen LogP contribution < -0.4 is 5.32 Å². The fraction of sp³-hybridized carbons (Fsp3) is 1.00. The van der Waals surface area contributed by atoms with Crippen molar-refractivity contribution in [3.8, 4) is 0 Å². The Balaban J connectivity index is 2.05. The van der Waals surface area contributed by atoms with E-state index in [0.29, 0.717) is 6.04 Å². The number of likely N-dealkylation sites (tertiary alicyclic amines) is 1. The summed E-state index contributed by atoms with van der Waals surface area (Å²) in [6.45, 7) is 7.24. The Morgan fingerprint density at radius 2 is 2.31 bits per heavy atom. The normalized spacial score (nSPS) is 26.5. The summed E-state index contributed by atoms with van der Waals surface area (Å²) >= 11 is 0. The molecule has 0 bridgehead atoms. The van der Waals surface area contributed by atoms with Crippen LogP contribution in [0.1, 0.15) is 39.5 Å². The Bertz CT molecular complexity index is 136. The van der Waals surface area contributed by atoms with Gasteiger partial charge in [0.2, 0.25) is 0 Å². The molecule has 2 heteroatoms. The molecule has 1 fully saturated rings. The van der Waals surface area contributed by atoms with Gasteiger partial charge in [-0.25, -0.2) is 0 Å². The Hall–Kier alpha value is -0.0800. The van der Waals surface area contributed by atoms with Crippen LogP contribution in [0.3, 0.4) is 0 Å². The predicted molar refractivity (Wildman–Crippen MR) is 58.0 cm³/mol. The van der Waals surface area contributed by atoms with Gasteiger partial charge in [-0.3, -0.25) is 0 Å². The molecule has 2 atom stereocenters. The molecule has 1 rings (SSSR count). The smallest absolute Gasteiger partial charge is 0.00674 e. The molecule has 1 N–H and O–H groups in total. The van der Waals surface area contributed by atoms with E-state index in [1.54, 1.807) is 0 Å². The number of nitrogens with zero attached hydrogens (tertiary/aromatic N) is 1. The average Bonchev–Trinajstić information content (AvgIpc) is 2.52. The van der Waals surface area contributed by atoms with Crippen LogP contribution in [-0.4, -0.2) is 37.1 Å². The van der Waals surface area contributed by atoms with Gasteiger partial charge in [-0.05, 0) is 59.7 Å². The lowest BCUT2D eigenvalue weighted by Gasteiger charge is -2.21. The minimum absolute atomic E-state index is 0.679. The van der Waals surface area contributed by atoms with Crippen molar-refractivity contribution < 1.29 is 0 Å². The highest BCUT2D eigenvalue weighted by Crippen LogP contribution is 2.16. The van der Waals surface area contributed by atoms with Gasteiger partial charge in [0.05, 0.1) is 0 Å². The summed E-state index contributed by atoms with van der Waals surface area (Å²) in [6.07, 6.45) is 5.45. The molecule has 0 saturated carbocycles. The van der Waals surface area contributed by atoms with Crippen LogP contribution >= 0.6 is 0 Å². The van der Waals surface area contributed by atoms with Crippen molar-refractivity contribution in [1.29, 1.82) is 0 Å². The van der Waals surface area contributed by atoms with E-state index >= 15 is 0 Å². The Morgan fingerprint density at radius 1 is 1.54 bits per heavy atom. The minimum Gasteiger partial charge on any atom is -0.317 e. The molecule has 0 aromatic carbocycles. The molecule has 0 aliphatic carbocycles. The van der Waals surface area contributed by atoms with Crippen LogP contribution in [0.2, 0.25) is 0 Å². The van der Waals surface area contributed by atoms with E-state index in [-0.39, 0.29) is 0 Å². The SMILES string of the molecule is CNC(C)CCCN1CCCC1C. The zero-order valence-corrected chi connectivity index (χ0v) is 9.34. The molecule has 1 aliphatic rings. The lowest BCUT2D eigenvalue weighted by atomic mass is 10.1. The van der Waals surface area contributed by atoms with Crippen LogP contribution in [0, 0.1) is 0 Å². The molecule has 13 heavy (non-hydrogen) atoms. The number of hydrogen-bond acceptors (Lipinski definition) is 2. The number of rotatable bonds is 5. The molecular weight excluding hydrogens is 160 g/mol. The fourth-order valence-corrected chi connectivity index (χ4v) is 2.07. The Labute approximate surface area is 82.7 Å². The Morgan fingerprint density at radius 3 is 2.85 bits per heavy atom. The van der Waals surface area contributed by atoms with E-state index in [4.69, 9.17) is 0 Å². The van der Waals surface area contributed by atoms with Gasteiger partial charge < -0.3 is 10.2 Å². The van der Waals surface area contributed by atoms with E-state index in [2.05, 4.69) is 24.1 Å². The van der Waals surface area contributed by atoms with Crippen LogP contribution in [0.4, 0.5) is 0 Å². The fourth-order valence-electron chi connectivity index (χ4n) is 2.07. The maximum Gasteiger partial charge on any atom is 0.00674 e. The predicted octanol–water partition coefficient (Wildman–Crippen LogP) is 1.86. The number of hydrogen-bond donors (Lipinski definition) is 1. The third-order valence-electron chi connectivity index (χ3n) is 3.27. The van der Waals surface area contributed by atoms with Crippen molar-refractivity contribution in [2.24, 2.45) is 0 Å². The van der Waals surface area contributed by atoms with Crippen LogP contribution in [-0.2, 0) is 0 Å². The lowest BCUT2D eigenvalue weighted by Crippen LogP contribution is -2.29. The third kappa shape index (κ3) is 3.65. The van der Waals surface area contributed by atoms with Gasteiger partial charge in [-0.15, -0.1) is 0 Å². The highest BCUT2D eigenvalue weighted by atomic mass is 15.2.